The van der Waals surface area contributed by atoms with Crippen LogP contribution in [-0.2, 0) is 6.42 Å². The Balaban J connectivity index is 1.90. The molecule has 0 atom stereocenters. The molecule has 2 aromatic heterocycles. The summed E-state index contributed by atoms with van der Waals surface area (Å²) >= 11 is 0. The van der Waals surface area contributed by atoms with Crippen molar-refractivity contribution in [3.63, 3.8) is 0 Å². The molecule has 2 heterocycles. The zero-order chi connectivity index (χ0) is 14.1. The van der Waals surface area contributed by atoms with E-state index < -0.39 is 0 Å². The number of nitrogens with one attached hydrogen (secondary N) is 1. The molecule has 0 saturated heterocycles. The molecule has 0 aliphatic rings. The maximum absolute atomic E-state index is 12.9. The number of fused-ring (bicyclic) bond motifs is 1. The number of hydrogen-bond acceptors (Lipinski definition) is 3. The summed E-state index contributed by atoms with van der Waals surface area (Å²) in [4.78, 5) is 14.1. The number of pyridine rings is 1. The molecule has 3 aromatic rings. The Kier molecular flexibility index (Phi) is 3.10. The van der Waals surface area contributed by atoms with Gasteiger partial charge < -0.3 is 9.88 Å². The number of anilines is 1. The molecule has 3 rings (SSSR count). The van der Waals surface area contributed by atoms with Gasteiger partial charge in [-0.1, -0.05) is 12.1 Å². The molecule has 1 aromatic carbocycles. The normalized spacial score (nSPS) is 10.9. The Labute approximate surface area is 116 Å². The number of aromatic nitrogens is 3. The number of imidazole rings is 1. The molecule has 0 bridgehead atoms. The summed E-state index contributed by atoms with van der Waals surface area (Å²) in [7, 11) is 3.89. The first-order valence-corrected chi connectivity index (χ1v) is 6.39. The maximum Gasteiger partial charge on any atom is 0.179 e. The molecule has 1 N–H and O–H groups in total. The lowest BCUT2D eigenvalue weighted by Gasteiger charge is -2.09. The number of hydrogen-bond donors (Lipinski definition) is 1. The quantitative estimate of drug-likeness (QED) is 0.796. The van der Waals surface area contributed by atoms with Crippen LogP contribution in [0, 0.1) is 5.82 Å². The van der Waals surface area contributed by atoms with Gasteiger partial charge in [-0.25, -0.2) is 14.4 Å². The van der Waals surface area contributed by atoms with Crippen molar-refractivity contribution in [2.45, 2.75) is 6.42 Å². The lowest BCUT2D eigenvalue weighted by atomic mass is 10.1. The Bertz CT molecular complexity index is 731. The van der Waals surface area contributed by atoms with Crippen molar-refractivity contribution < 1.29 is 4.39 Å². The van der Waals surface area contributed by atoms with E-state index >= 15 is 0 Å². The second-order valence-corrected chi connectivity index (χ2v) is 4.92. The van der Waals surface area contributed by atoms with Gasteiger partial charge in [0.15, 0.2) is 5.65 Å². The largest absolute Gasteiger partial charge is 0.363 e. The van der Waals surface area contributed by atoms with Crippen LogP contribution >= 0.6 is 0 Å². The maximum atomic E-state index is 12.9. The van der Waals surface area contributed by atoms with Gasteiger partial charge >= 0.3 is 0 Å². The van der Waals surface area contributed by atoms with Gasteiger partial charge in [0.25, 0.3) is 0 Å². The van der Waals surface area contributed by atoms with E-state index in [1.807, 2.05) is 31.1 Å². The molecule has 102 valence electrons. The van der Waals surface area contributed by atoms with Gasteiger partial charge in [-0.2, -0.15) is 0 Å². The van der Waals surface area contributed by atoms with Crippen LogP contribution in [0.1, 0.15) is 11.4 Å². The highest BCUT2D eigenvalue weighted by atomic mass is 19.1. The van der Waals surface area contributed by atoms with E-state index in [0.717, 1.165) is 22.7 Å². The smallest absolute Gasteiger partial charge is 0.179 e. The summed E-state index contributed by atoms with van der Waals surface area (Å²) in [5.41, 5.74) is 2.62. The highest BCUT2D eigenvalue weighted by molar-refractivity contribution is 5.73. The predicted molar refractivity (Wildman–Crippen MR) is 77.4 cm³/mol. The molecule has 0 saturated carbocycles. The van der Waals surface area contributed by atoms with Gasteiger partial charge in [-0.3, -0.25) is 0 Å². The van der Waals surface area contributed by atoms with Crippen molar-refractivity contribution in [3.05, 3.63) is 53.6 Å². The van der Waals surface area contributed by atoms with E-state index in [1.54, 1.807) is 12.1 Å². The molecular weight excluding hydrogens is 255 g/mol. The van der Waals surface area contributed by atoms with Crippen LogP contribution in [0.2, 0.25) is 0 Å². The van der Waals surface area contributed by atoms with E-state index in [9.17, 15) is 4.39 Å². The van der Waals surface area contributed by atoms with Crippen molar-refractivity contribution >= 4 is 17.0 Å². The molecular formula is C15H15FN4. The third-order valence-corrected chi connectivity index (χ3v) is 3.12. The van der Waals surface area contributed by atoms with Crippen molar-refractivity contribution in [1.82, 2.24) is 15.0 Å². The van der Waals surface area contributed by atoms with Crippen LogP contribution in [-0.4, -0.2) is 29.0 Å². The number of nitrogens with zero attached hydrogens (tertiary/aromatic N) is 3. The van der Waals surface area contributed by atoms with Crippen molar-refractivity contribution in [1.29, 1.82) is 0 Å². The minimum atomic E-state index is -0.226. The van der Waals surface area contributed by atoms with E-state index in [2.05, 4.69) is 15.0 Å². The van der Waals surface area contributed by atoms with Crippen LogP contribution in [0.5, 0.6) is 0 Å². The summed E-state index contributed by atoms with van der Waals surface area (Å²) in [5.74, 6) is 1.47. The Morgan fingerprint density at radius 1 is 1.05 bits per heavy atom. The molecule has 0 fully saturated rings. The number of H-pyrrole nitrogens is 1. The minimum absolute atomic E-state index is 0.226. The van der Waals surface area contributed by atoms with Crippen molar-refractivity contribution in [2.75, 3.05) is 19.0 Å². The Morgan fingerprint density at radius 2 is 1.80 bits per heavy atom. The van der Waals surface area contributed by atoms with Gasteiger partial charge in [0.05, 0.1) is 5.52 Å². The summed E-state index contributed by atoms with van der Waals surface area (Å²) in [5, 5.41) is 0. The van der Waals surface area contributed by atoms with Crippen LogP contribution in [0.3, 0.4) is 0 Å². The van der Waals surface area contributed by atoms with Gasteiger partial charge in [0.2, 0.25) is 0 Å². The summed E-state index contributed by atoms with van der Waals surface area (Å²) in [6, 6.07) is 10.4. The zero-order valence-corrected chi connectivity index (χ0v) is 11.4. The number of aromatic amines is 1. The molecule has 0 amide bonds. The lowest BCUT2D eigenvalue weighted by molar-refractivity contribution is 0.627. The molecule has 20 heavy (non-hydrogen) atoms. The summed E-state index contributed by atoms with van der Waals surface area (Å²) < 4.78 is 12.9. The first-order chi connectivity index (χ1) is 9.61. The Morgan fingerprint density at radius 3 is 2.50 bits per heavy atom. The summed E-state index contributed by atoms with van der Waals surface area (Å²) in [6.07, 6.45) is 0.633. The molecule has 5 heteroatoms. The SMILES string of the molecule is CN(C)c1ccc2[nH]c(Cc3ccc(F)cc3)nc2n1. The van der Waals surface area contributed by atoms with Crippen LogP contribution in [0.25, 0.3) is 11.2 Å². The highest BCUT2D eigenvalue weighted by Crippen LogP contribution is 2.16. The van der Waals surface area contributed by atoms with Gasteiger partial charge in [0, 0.05) is 20.5 Å². The molecule has 0 aliphatic heterocycles. The van der Waals surface area contributed by atoms with Gasteiger partial charge in [-0.15, -0.1) is 0 Å². The number of rotatable bonds is 3. The monoisotopic (exact) mass is 270 g/mol. The molecule has 4 nitrogen and oxygen atoms in total. The van der Waals surface area contributed by atoms with Gasteiger partial charge in [-0.05, 0) is 29.8 Å². The second-order valence-electron chi connectivity index (χ2n) is 4.92. The second kappa shape index (κ2) is 4.92. The third kappa shape index (κ3) is 2.47. The first kappa shape index (κ1) is 12.6. The van der Waals surface area contributed by atoms with E-state index in [1.165, 1.54) is 12.1 Å². The van der Waals surface area contributed by atoms with E-state index in [-0.39, 0.29) is 5.82 Å². The summed E-state index contributed by atoms with van der Waals surface area (Å²) in [6.45, 7) is 0. The fourth-order valence-corrected chi connectivity index (χ4v) is 2.06. The predicted octanol–water partition coefficient (Wildman–Crippen LogP) is 2.75. The molecule has 0 unspecified atom stereocenters. The third-order valence-electron chi connectivity index (χ3n) is 3.12. The van der Waals surface area contributed by atoms with E-state index in [4.69, 9.17) is 0 Å². The van der Waals surface area contributed by atoms with Crippen molar-refractivity contribution in [2.24, 2.45) is 0 Å². The first-order valence-electron chi connectivity index (χ1n) is 6.39. The topological polar surface area (TPSA) is 44.8 Å². The molecule has 0 aliphatic carbocycles. The molecule has 0 radical (unpaired) electrons. The van der Waals surface area contributed by atoms with Crippen LogP contribution in [0.4, 0.5) is 10.2 Å². The molecule has 0 spiro atoms. The number of benzene rings is 1. The van der Waals surface area contributed by atoms with Crippen molar-refractivity contribution in [3.8, 4) is 0 Å². The average molecular weight is 270 g/mol. The standard InChI is InChI=1S/C15H15FN4/c1-20(2)14-8-7-12-15(19-14)18-13(17-12)9-10-3-5-11(16)6-4-10/h3-8H,9H2,1-2H3,(H,17,18,19). The van der Waals surface area contributed by atoms with Gasteiger partial charge in [0.1, 0.15) is 17.5 Å². The van der Waals surface area contributed by atoms with Crippen LogP contribution < -0.4 is 4.90 Å². The fourth-order valence-electron chi connectivity index (χ4n) is 2.06. The minimum Gasteiger partial charge on any atom is -0.363 e. The Hall–Kier alpha value is -2.43. The number of halogens is 1. The zero-order valence-electron chi connectivity index (χ0n) is 11.4. The van der Waals surface area contributed by atoms with Crippen LogP contribution in [0.15, 0.2) is 36.4 Å². The fraction of sp³-hybridized carbons (Fsp3) is 0.200. The highest BCUT2D eigenvalue weighted by Gasteiger charge is 2.07. The average Bonchev–Trinajstić information content (AvgIpc) is 2.82. The lowest BCUT2D eigenvalue weighted by Crippen LogP contribution is -2.10. The van der Waals surface area contributed by atoms with E-state index in [0.29, 0.717) is 12.1 Å².